The molecule has 0 aliphatic rings. The first-order valence-corrected chi connectivity index (χ1v) is 4.00. The van der Waals surface area contributed by atoms with Crippen LogP contribution in [0.4, 0.5) is 0 Å². The van der Waals surface area contributed by atoms with E-state index in [1.54, 1.807) is 6.07 Å². The van der Waals surface area contributed by atoms with Crippen LogP contribution in [0.15, 0.2) is 24.3 Å². The summed E-state index contributed by atoms with van der Waals surface area (Å²) in [5, 5.41) is 9.04. The van der Waals surface area contributed by atoms with Gasteiger partial charge in [-0.1, -0.05) is 29.8 Å². The maximum absolute atomic E-state index is 8.42. The molecule has 4 heteroatoms. The minimum absolute atomic E-state index is 0. The minimum atomic E-state index is -0.274. The van der Waals surface area contributed by atoms with Crippen molar-refractivity contribution < 1.29 is 0 Å². The zero-order valence-corrected chi connectivity index (χ0v) is 8.48. The largest absolute Gasteiger partial charge is 0.323 e. The smallest absolute Gasteiger partial charge is 0.0641 e. The molecule has 0 heterocycles. The van der Waals surface area contributed by atoms with Gasteiger partial charge in [0.1, 0.15) is 0 Å². The lowest BCUT2D eigenvalue weighted by Gasteiger charge is -2.08. The van der Waals surface area contributed by atoms with Crippen molar-refractivity contribution in [2.45, 2.75) is 12.5 Å². The fourth-order valence-electron chi connectivity index (χ4n) is 0.984. The molecule has 1 aromatic rings. The molecule has 1 rings (SSSR count). The van der Waals surface area contributed by atoms with E-state index < -0.39 is 0 Å². The van der Waals surface area contributed by atoms with E-state index in [1.165, 1.54) is 0 Å². The molecule has 0 fully saturated rings. The molecule has 0 bridgehead atoms. The van der Waals surface area contributed by atoms with E-state index in [0.29, 0.717) is 11.4 Å². The summed E-state index contributed by atoms with van der Waals surface area (Å²) in [4.78, 5) is 0. The van der Waals surface area contributed by atoms with Crippen LogP contribution < -0.4 is 5.73 Å². The normalized spacial score (nSPS) is 11.2. The van der Waals surface area contributed by atoms with Crippen molar-refractivity contribution in [2.24, 2.45) is 5.73 Å². The first kappa shape index (κ1) is 12.2. The first-order valence-electron chi connectivity index (χ1n) is 3.62. The third kappa shape index (κ3) is 3.23. The Labute approximate surface area is 88.7 Å². The van der Waals surface area contributed by atoms with Gasteiger partial charge in [-0.25, -0.2) is 0 Å². The quantitative estimate of drug-likeness (QED) is 0.827. The maximum Gasteiger partial charge on any atom is 0.0641 e. The molecule has 0 aliphatic carbocycles. The summed E-state index contributed by atoms with van der Waals surface area (Å²) in [5.41, 5.74) is 6.53. The highest BCUT2D eigenvalue weighted by Crippen LogP contribution is 2.22. The van der Waals surface area contributed by atoms with Crippen LogP contribution in [-0.2, 0) is 0 Å². The van der Waals surface area contributed by atoms with Crippen LogP contribution in [0.25, 0.3) is 0 Å². The van der Waals surface area contributed by atoms with Gasteiger partial charge in [-0.2, -0.15) is 5.26 Å². The van der Waals surface area contributed by atoms with E-state index in [9.17, 15) is 0 Å². The standard InChI is InChI=1S/C9H9ClN2.ClH/c10-8-4-2-1-3-7(8)9(12)5-6-11;/h1-4,9H,5,12H2;1H. The van der Waals surface area contributed by atoms with Gasteiger partial charge < -0.3 is 5.73 Å². The van der Waals surface area contributed by atoms with Crippen molar-refractivity contribution in [2.75, 3.05) is 0 Å². The lowest BCUT2D eigenvalue weighted by molar-refractivity contribution is 0.749. The Hall–Kier alpha value is -0.750. The molecule has 1 aromatic carbocycles. The summed E-state index contributed by atoms with van der Waals surface area (Å²) < 4.78 is 0. The first-order chi connectivity index (χ1) is 5.75. The summed E-state index contributed by atoms with van der Waals surface area (Å²) in [6.07, 6.45) is 0.295. The molecular formula is C9H10Cl2N2. The van der Waals surface area contributed by atoms with Crippen molar-refractivity contribution in [1.29, 1.82) is 5.26 Å². The molecule has 0 spiro atoms. The number of hydrogen-bond donors (Lipinski definition) is 1. The molecule has 0 aromatic heterocycles. The maximum atomic E-state index is 8.42. The number of benzene rings is 1. The van der Waals surface area contributed by atoms with Gasteiger partial charge in [0.25, 0.3) is 0 Å². The summed E-state index contributed by atoms with van der Waals surface area (Å²) in [6.45, 7) is 0. The summed E-state index contributed by atoms with van der Waals surface area (Å²) in [7, 11) is 0. The van der Waals surface area contributed by atoms with Gasteiger partial charge in [0.05, 0.1) is 12.5 Å². The summed E-state index contributed by atoms with van der Waals surface area (Å²) in [6, 6.07) is 9.04. The predicted octanol–water partition coefficient (Wildman–Crippen LogP) is 2.68. The van der Waals surface area contributed by atoms with Gasteiger partial charge in [-0.05, 0) is 11.6 Å². The van der Waals surface area contributed by atoms with Crippen molar-refractivity contribution in [3.63, 3.8) is 0 Å². The van der Waals surface area contributed by atoms with E-state index >= 15 is 0 Å². The molecule has 0 saturated heterocycles. The van der Waals surface area contributed by atoms with Crippen molar-refractivity contribution in [1.82, 2.24) is 0 Å². The average Bonchev–Trinajstić information content (AvgIpc) is 2.05. The monoisotopic (exact) mass is 216 g/mol. The zero-order valence-electron chi connectivity index (χ0n) is 6.90. The van der Waals surface area contributed by atoms with Crippen LogP contribution in [0.1, 0.15) is 18.0 Å². The highest BCUT2D eigenvalue weighted by molar-refractivity contribution is 6.31. The molecule has 0 radical (unpaired) electrons. The topological polar surface area (TPSA) is 49.8 Å². The second kappa shape index (κ2) is 5.82. The number of hydrogen-bond acceptors (Lipinski definition) is 2. The number of nitrogens with two attached hydrogens (primary N) is 1. The zero-order chi connectivity index (χ0) is 8.97. The molecule has 0 amide bonds. The SMILES string of the molecule is Cl.N#CCC(N)c1ccccc1Cl. The van der Waals surface area contributed by atoms with Gasteiger partial charge in [-0.3, -0.25) is 0 Å². The van der Waals surface area contributed by atoms with Crippen molar-refractivity contribution in [3.05, 3.63) is 34.9 Å². The van der Waals surface area contributed by atoms with Crippen LogP contribution in [-0.4, -0.2) is 0 Å². The Kier molecular flexibility index (Phi) is 5.48. The van der Waals surface area contributed by atoms with Crippen LogP contribution in [0.5, 0.6) is 0 Å². The van der Waals surface area contributed by atoms with Gasteiger partial charge in [0, 0.05) is 11.1 Å². The lowest BCUT2D eigenvalue weighted by Crippen LogP contribution is -2.09. The lowest BCUT2D eigenvalue weighted by atomic mass is 10.1. The number of rotatable bonds is 2. The van der Waals surface area contributed by atoms with Gasteiger partial charge >= 0.3 is 0 Å². The number of nitriles is 1. The fraction of sp³-hybridized carbons (Fsp3) is 0.222. The van der Waals surface area contributed by atoms with Crippen molar-refractivity contribution >= 4 is 24.0 Å². The summed E-state index contributed by atoms with van der Waals surface area (Å²) in [5.74, 6) is 0. The highest BCUT2D eigenvalue weighted by Gasteiger charge is 2.07. The Morgan fingerprint density at radius 3 is 2.62 bits per heavy atom. The summed E-state index contributed by atoms with van der Waals surface area (Å²) >= 11 is 5.87. The van der Waals surface area contributed by atoms with E-state index in [0.717, 1.165) is 5.56 Å². The van der Waals surface area contributed by atoms with Gasteiger partial charge in [0.2, 0.25) is 0 Å². The molecule has 0 saturated carbocycles. The fourth-order valence-corrected chi connectivity index (χ4v) is 1.26. The van der Waals surface area contributed by atoms with Crippen LogP contribution >= 0.6 is 24.0 Å². The van der Waals surface area contributed by atoms with Crippen molar-refractivity contribution in [3.8, 4) is 6.07 Å². The minimum Gasteiger partial charge on any atom is -0.323 e. The highest BCUT2D eigenvalue weighted by atomic mass is 35.5. The second-order valence-electron chi connectivity index (χ2n) is 2.49. The van der Waals surface area contributed by atoms with E-state index in [1.807, 2.05) is 24.3 Å². The van der Waals surface area contributed by atoms with Crippen LogP contribution in [0.2, 0.25) is 5.02 Å². The molecule has 0 aliphatic heterocycles. The van der Waals surface area contributed by atoms with E-state index in [2.05, 4.69) is 0 Å². The molecule has 2 N–H and O–H groups in total. The van der Waals surface area contributed by atoms with E-state index in [4.69, 9.17) is 22.6 Å². The predicted molar refractivity (Wildman–Crippen MR) is 55.9 cm³/mol. The number of halogens is 2. The molecule has 1 atom stereocenters. The molecule has 70 valence electrons. The molecular weight excluding hydrogens is 207 g/mol. The third-order valence-corrected chi connectivity index (χ3v) is 1.96. The van der Waals surface area contributed by atoms with Crippen LogP contribution in [0, 0.1) is 11.3 Å². The molecule has 13 heavy (non-hydrogen) atoms. The Morgan fingerprint density at radius 2 is 2.08 bits per heavy atom. The Bertz CT molecular complexity index is 307. The Morgan fingerprint density at radius 1 is 1.46 bits per heavy atom. The van der Waals surface area contributed by atoms with Gasteiger partial charge in [-0.15, -0.1) is 12.4 Å². The number of nitrogens with zero attached hydrogens (tertiary/aromatic N) is 1. The van der Waals surface area contributed by atoms with Crippen LogP contribution in [0.3, 0.4) is 0 Å². The molecule has 1 unspecified atom stereocenters. The average molecular weight is 217 g/mol. The van der Waals surface area contributed by atoms with E-state index in [-0.39, 0.29) is 18.4 Å². The third-order valence-electron chi connectivity index (χ3n) is 1.62. The molecule has 2 nitrogen and oxygen atoms in total. The Balaban J connectivity index is 0.00000144. The van der Waals surface area contributed by atoms with Gasteiger partial charge in [0.15, 0.2) is 0 Å². The second-order valence-corrected chi connectivity index (χ2v) is 2.90.